The molecule has 2 aromatic rings. The van der Waals surface area contributed by atoms with Gasteiger partial charge in [-0.1, -0.05) is 25.1 Å². The first-order chi connectivity index (χ1) is 14.2. The third-order valence-electron chi connectivity index (χ3n) is 3.75. The fraction of sp³-hybridized carbons (Fsp3) is 0.421. The van der Waals surface area contributed by atoms with Crippen LogP contribution in [0.25, 0.3) is 0 Å². The predicted octanol–water partition coefficient (Wildman–Crippen LogP) is 3.50. The number of nitrogens with one attached hydrogen (secondary N) is 2. The van der Waals surface area contributed by atoms with E-state index in [9.17, 15) is 22.8 Å². The van der Waals surface area contributed by atoms with Gasteiger partial charge in [-0.25, -0.2) is 4.98 Å². The number of aromatic amines is 1. The van der Waals surface area contributed by atoms with Crippen molar-refractivity contribution >= 4 is 23.4 Å². The topological polar surface area (TPSA) is 93.3 Å². The number of carbonyl (C=O) groups is 1. The molecule has 2 rings (SSSR count). The van der Waals surface area contributed by atoms with Crippen LogP contribution in [0.3, 0.4) is 0 Å². The maximum Gasteiger partial charge on any atom is 0.416 e. The van der Waals surface area contributed by atoms with Gasteiger partial charge in [-0.05, 0) is 24.6 Å². The standard InChI is InChI=1S/C19H22F3N3O4S/c1-3-4-13-10-16(26)25-18(23-13)30-11-17(27)24-14-9-12(19(20,21)22)5-6-15(14)29-8-7-28-2/h5-6,9-10H,3-4,7-8,11H2,1-2H3,(H,24,27)(H,23,25,26). The van der Waals surface area contributed by atoms with Crippen LogP contribution < -0.4 is 15.6 Å². The van der Waals surface area contributed by atoms with Crippen LogP contribution in [-0.2, 0) is 22.1 Å². The normalized spacial score (nSPS) is 11.4. The molecule has 0 spiro atoms. The highest BCUT2D eigenvalue weighted by molar-refractivity contribution is 7.99. The minimum atomic E-state index is -4.57. The summed E-state index contributed by atoms with van der Waals surface area (Å²) in [5.41, 5.74) is -0.741. The van der Waals surface area contributed by atoms with Gasteiger partial charge in [0.25, 0.3) is 5.56 Å². The van der Waals surface area contributed by atoms with Crippen LogP contribution >= 0.6 is 11.8 Å². The Morgan fingerprint density at radius 3 is 2.70 bits per heavy atom. The fourth-order valence-electron chi connectivity index (χ4n) is 2.42. The van der Waals surface area contributed by atoms with Crippen LogP contribution in [0.15, 0.2) is 34.2 Å². The van der Waals surface area contributed by atoms with Crippen LogP contribution in [0, 0.1) is 0 Å². The van der Waals surface area contributed by atoms with Crippen LogP contribution in [0.2, 0.25) is 0 Å². The van der Waals surface area contributed by atoms with Crippen LogP contribution in [0.1, 0.15) is 24.6 Å². The van der Waals surface area contributed by atoms with E-state index >= 15 is 0 Å². The van der Waals surface area contributed by atoms with E-state index in [-0.39, 0.29) is 41.1 Å². The Hall–Kier alpha value is -2.53. The number of anilines is 1. The summed E-state index contributed by atoms with van der Waals surface area (Å²) in [6.07, 6.45) is -3.14. The summed E-state index contributed by atoms with van der Waals surface area (Å²) in [6, 6.07) is 4.22. The first-order valence-electron chi connectivity index (χ1n) is 9.08. The molecule has 0 unspecified atom stereocenters. The van der Waals surface area contributed by atoms with Gasteiger partial charge < -0.3 is 19.8 Å². The molecule has 11 heteroatoms. The molecular formula is C19H22F3N3O4S. The van der Waals surface area contributed by atoms with E-state index in [1.165, 1.54) is 13.2 Å². The minimum Gasteiger partial charge on any atom is -0.489 e. The second-order valence-electron chi connectivity index (χ2n) is 6.18. The smallest absolute Gasteiger partial charge is 0.416 e. The molecule has 0 aliphatic carbocycles. The number of H-pyrrole nitrogens is 1. The molecule has 1 heterocycles. The summed E-state index contributed by atoms with van der Waals surface area (Å²) in [6.45, 7) is 2.29. The molecule has 0 atom stereocenters. The van der Waals surface area contributed by atoms with E-state index in [0.717, 1.165) is 36.4 Å². The number of carbonyl (C=O) groups excluding carboxylic acids is 1. The summed E-state index contributed by atoms with van der Waals surface area (Å²) in [4.78, 5) is 30.8. The van der Waals surface area contributed by atoms with Gasteiger partial charge in [-0.3, -0.25) is 9.59 Å². The zero-order valence-electron chi connectivity index (χ0n) is 16.5. The second kappa shape index (κ2) is 11.0. The Morgan fingerprint density at radius 2 is 2.03 bits per heavy atom. The second-order valence-corrected chi connectivity index (χ2v) is 7.14. The predicted molar refractivity (Wildman–Crippen MR) is 107 cm³/mol. The minimum absolute atomic E-state index is 0.0925. The Labute approximate surface area is 175 Å². The number of alkyl halides is 3. The number of hydrogen-bond donors (Lipinski definition) is 2. The molecule has 7 nitrogen and oxygen atoms in total. The van der Waals surface area contributed by atoms with E-state index in [1.54, 1.807) is 0 Å². The van der Waals surface area contributed by atoms with Crippen molar-refractivity contribution in [2.45, 2.75) is 31.1 Å². The number of aryl methyl sites for hydroxylation is 1. The van der Waals surface area contributed by atoms with E-state index in [2.05, 4.69) is 15.3 Å². The lowest BCUT2D eigenvalue weighted by molar-refractivity contribution is -0.137. The van der Waals surface area contributed by atoms with Crippen molar-refractivity contribution in [2.24, 2.45) is 0 Å². The molecule has 1 aromatic carbocycles. The molecule has 0 fully saturated rings. The number of aromatic nitrogens is 2. The average Bonchev–Trinajstić information content (AvgIpc) is 2.67. The third-order valence-corrected chi connectivity index (χ3v) is 4.62. The lowest BCUT2D eigenvalue weighted by Gasteiger charge is -2.15. The van der Waals surface area contributed by atoms with E-state index < -0.39 is 17.6 Å². The van der Waals surface area contributed by atoms with Gasteiger partial charge in [0.2, 0.25) is 5.91 Å². The lowest BCUT2D eigenvalue weighted by atomic mass is 10.1. The average molecular weight is 445 g/mol. The zero-order chi connectivity index (χ0) is 22.1. The monoisotopic (exact) mass is 445 g/mol. The molecule has 0 bridgehead atoms. The van der Waals surface area contributed by atoms with Gasteiger partial charge >= 0.3 is 6.18 Å². The molecule has 1 aromatic heterocycles. The van der Waals surface area contributed by atoms with Crippen LogP contribution in [-0.4, -0.2) is 42.0 Å². The number of rotatable bonds is 10. The molecule has 2 N–H and O–H groups in total. The summed E-state index contributed by atoms with van der Waals surface area (Å²) in [5, 5.41) is 2.69. The Balaban J connectivity index is 2.11. The fourth-order valence-corrected chi connectivity index (χ4v) is 3.12. The van der Waals surface area contributed by atoms with Gasteiger partial charge in [-0.15, -0.1) is 0 Å². The van der Waals surface area contributed by atoms with Gasteiger partial charge in [-0.2, -0.15) is 13.2 Å². The largest absolute Gasteiger partial charge is 0.489 e. The summed E-state index contributed by atoms with van der Waals surface area (Å²) >= 11 is 0.977. The number of nitrogens with zero attached hydrogens (tertiary/aromatic N) is 1. The number of benzene rings is 1. The number of thioether (sulfide) groups is 1. The molecule has 0 radical (unpaired) electrons. The number of ether oxygens (including phenoxy) is 2. The van der Waals surface area contributed by atoms with Crippen molar-refractivity contribution in [3.63, 3.8) is 0 Å². The van der Waals surface area contributed by atoms with E-state index in [0.29, 0.717) is 12.1 Å². The summed E-state index contributed by atoms with van der Waals surface area (Å²) < 4.78 is 49.3. The highest BCUT2D eigenvalue weighted by atomic mass is 32.2. The van der Waals surface area contributed by atoms with Gasteiger partial charge in [0.05, 0.1) is 23.6 Å². The van der Waals surface area contributed by atoms with Gasteiger partial charge in [0, 0.05) is 18.9 Å². The maximum absolute atomic E-state index is 13.0. The van der Waals surface area contributed by atoms with Crippen LogP contribution in [0.4, 0.5) is 18.9 Å². The molecule has 0 saturated heterocycles. The van der Waals surface area contributed by atoms with Gasteiger partial charge in [0.1, 0.15) is 12.4 Å². The van der Waals surface area contributed by atoms with Crippen molar-refractivity contribution in [3.05, 3.63) is 45.9 Å². The van der Waals surface area contributed by atoms with E-state index in [4.69, 9.17) is 9.47 Å². The van der Waals surface area contributed by atoms with Crippen molar-refractivity contribution in [2.75, 3.05) is 31.4 Å². The number of methoxy groups -OCH3 is 1. The van der Waals surface area contributed by atoms with Crippen molar-refractivity contribution < 1.29 is 27.4 Å². The summed E-state index contributed by atoms with van der Waals surface area (Å²) in [7, 11) is 1.46. The third kappa shape index (κ3) is 7.38. The molecule has 30 heavy (non-hydrogen) atoms. The molecule has 0 aliphatic heterocycles. The first-order valence-corrected chi connectivity index (χ1v) is 10.1. The Kier molecular flexibility index (Phi) is 8.72. The number of hydrogen-bond acceptors (Lipinski definition) is 6. The molecule has 164 valence electrons. The van der Waals surface area contributed by atoms with Crippen molar-refractivity contribution in [3.8, 4) is 5.75 Å². The van der Waals surface area contributed by atoms with Crippen molar-refractivity contribution in [1.82, 2.24) is 9.97 Å². The summed E-state index contributed by atoms with van der Waals surface area (Å²) in [5.74, 6) is -0.638. The lowest BCUT2D eigenvalue weighted by Crippen LogP contribution is -2.18. The molecule has 0 saturated carbocycles. The number of halogens is 3. The van der Waals surface area contributed by atoms with E-state index in [1.807, 2.05) is 6.92 Å². The highest BCUT2D eigenvalue weighted by Gasteiger charge is 2.31. The van der Waals surface area contributed by atoms with Crippen LogP contribution in [0.5, 0.6) is 5.75 Å². The SMILES string of the molecule is CCCc1cc(=O)[nH]c(SCC(=O)Nc2cc(C(F)(F)F)ccc2OCCOC)n1. The quantitative estimate of drug-likeness (QED) is 0.330. The Bertz CT molecular complexity index is 919. The molecular weight excluding hydrogens is 423 g/mol. The molecule has 1 amide bonds. The maximum atomic E-state index is 13.0. The Morgan fingerprint density at radius 1 is 1.27 bits per heavy atom. The van der Waals surface area contributed by atoms with Crippen molar-refractivity contribution in [1.29, 1.82) is 0 Å². The van der Waals surface area contributed by atoms with Gasteiger partial charge in [0.15, 0.2) is 5.16 Å². The first kappa shape index (κ1) is 23.7. The highest BCUT2D eigenvalue weighted by Crippen LogP contribution is 2.35. The number of amides is 1. The molecule has 0 aliphatic rings. The zero-order valence-corrected chi connectivity index (χ0v) is 17.3.